The van der Waals surface area contributed by atoms with E-state index >= 15 is 0 Å². The molecule has 0 fully saturated rings. The molecule has 0 atom stereocenters. The van der Waals surface area contributed by atoms with Crippen molar-refractivity contribution in [2.45, 2.75) is 39.7 Å². The molecule has 1 aromatic carbocycles. The minimum Gasteiger partial charge on any atom is -0.477 e. The van der Waals surface area contributed by atoms with Crippen LogP contribution < -0.4 is 15.8 Å². The van der Waals surface area contributed by atoms with Gasteiger partial charge in [-0.3, -0.25) is 0 Å². The summed E-state index contributed by atoms with van der Waals surface area (Å²) in [5.41, 5.74) is 9.13. The standard InChI is InChI=1S/C19H26N4O/c1-3-5-12-24-18-16(9-7-11-21-18)14-22-19(20)23-17-10-6-8-15(4-2)13-17/h6-11,13H,3-5,12,14H2,1-2H3,(H3,20,22,23). The van der Waals surface area contributed by atoms with Crippen LogP contribution in [0, 0.1) is 0 Å². The van der Waals surface area contributed by atoms with Crippen LogP contribution in [0.15, 0.2) is 47.6 Å². The number of benzene rings is 1. The third kappa shape index (κ3) is 5.57. The lowest BCUT2D eigenvalue weighted by molar-refractivity contribution is 0.294. The number of anilines is 1. The molecule has 0 saturated heterocycles. The van der Waals surface area contributed by atoms with Gasteiger partial charge in [0.05, 0.1) is 13.2 Å². The Hall–Kier alpha value is -2.56. The maximum atomic E-state index is 5.99. The van der Waals surface area contributed by atoms with Gasteiger partial charge in [0.15, 0.2) is 5.96 Å². The Kier molecular flexibility index (Phi) is 7.08. The van der Waals surface area contributed by atoms with Crippen molar-refractivity contribution in [3.05, 3.63) is 53.7 Å². The monoisotopic (exact) mass is 326 g/mol. The van der Waals surface area contributed by atoms with Crippen LogP contribution in [-0.2, 0) is 13.0 Å². The van der Waals surface area contributed by atoms with Gasteiger partial charge < -0.3 is 15.8 Å². The van der Waals surface area contributed by atoms with Crippen molar-refractivity contribution in [3.63, 3.8) is 0 Å². The van der Waals surface area contributed by atoms with Gasteiger partial charge in [-0.05, 0) is 36.6 Å². The highest BCUT2D eigenvalue weighted by molar-refractivity contribution is 5.92. The van der Waals surface area contributed by atoms with Gasteiger partial charge >= 0.3 is 0 Å². The van der Waals surface area contributed by atoms with Gasteiger partial charge in [0.2, 0.25) is 5.88 Å². The van der Waals surface area contributed by atoms with E-state index in [2.05, 4.69) is 41.3 Å². The zero-order valence-electron chi connectivity index (χ0n) is 14.5. The predicted molar refractivity (Wildman–Crippen MR) is 99.4 cm³/mol. The highest BCUT2D eigenvalue weighted by atomic mass is 16.5. The van der Waals surface area contributed by atoms with Crippen LogP contribution in [0.3, 0.4) is 0 Å². The molecule has 0 radical (unpaired) electrons. The van der Waals surface area contributed by atoms with Crippen molar-refractivity contribution in [2.75, 3.05) is 11.9 Å². The van der Waals surface area contributed by atoms with E-state index < -0.39 is 0 Å². The van der Waals surface area contributed by atoms with Gasteiger partial charge in [-0.2, -0.15) is 0 Å². The average molecular weight is 326 g/mol. The normalized spacial score (nSPS) is 11.3. The second-order valence-corrected chi connectivity index (χ2v) is 5.55. The molecule has 0 unspecified atom stereocenters. The van der Waals surface area contributed by atoms with Gasteiger partial charge in [-0.25, -0.2) is 9.98 Å². The first kappa shape index (κ1) is 17.8. The molecule has 0 aliphatic rings. The first-order valence-electron chi connectivity index (χ1n) is 8.45. The fourth-order valence-corrected chi connectivity index (χ4v) is 2.21. The largest absolute Gasteiger partial charge is 0.477 e. The van der Waals surface area contributed by atoms with E-state index in [0.29, 0.717) is 25.0 Å². The van der Waals surface area contributed by atoms with Gasteiger partial charge in [-0.15, -0.1) is 0 Å². The Bertz CT molecular complexity index is 670. The molecule has 3 N–H and O–H groups in total. The number of aryl methyl sites for hydroxylation is 1. The van der Waals surface area contributed by atoms with Crippen LogP contribution in [-0.4, -0.2) is 17.6 Å². The Morgan fingerprint density at radius 2 is 2.12 bits per heavy atom. The van der Waals surface area contributed by atoms with E-state index in [-0.39, 0.29) is 0 Å². The molecule has 2 rings (SSSR count). The van der Waals surface area contributed by atoms with Crippen LogP contribution in [0.2, 0.25) is 0 Å². The maximum absolute atomic E-state index is 5.99. The summed E-state index contributed by atoms with van der Waals surface area (Å²) in [6, 6.07) is 12.0. The summed E-state index contributed by atoms with van der Waals surface area (Å²) in [4.78, 5) is 8.68. The number of aromatic nitrogens is 1. The number of hydrogen-bond acceptors (Lipinski definition) is 3. The summed E-state index contributed by atoms with van der Waals surface area (Å²) < 4.78 is 5.72. The number of aliphatic imine (C=N–C) groups is 1. The van der Waals surface area contributed by atoms with Gasteiger partial charge in [0, 0.05) is 17.4 Å². The number of nitrogens with two attached hydrogens (primary N) is 1. The lowest BCUT2D eigenvalue weighted by Gasteiger charge is -2.09. The van der Waals surface area contributed by atoms with Crippen LogP contribution >= 0.6 is 0 Å². The number of nitrogens with one attached hydrogen (secondary N) is 1. The van der Waals surface area contributed by atoms with Crippen molar-refractivity contribution in [1.29, 1.82) is 0 Å². The van der Waals surface area contributed by atoms with E-state index in [1.807, 2.05) is 24.3 Å². The fourth-order valence-electron chi connectivity index (χ4n) is 2.21. The average Bonchev–Trinajstić information content (AvgIpc) is 2.61. The van der Waals surface area contributed by atoms with Crippen LogP contribution in [0.1, 0.15) is 37.8 Å². The zero-order chi connectivity index (χ0) is 17.2. The van der Waals surface area contributed by atoms with E-state index in [4.69, 9.17) is 10.5 Å². The summed E-state index contributed by atoms with van der Waals surface area (Å²) in [5, 5.41) is 3.13. The van der Waals surface area contributed by atoms with E-state index in [1.54, 1.807) is 6.20 Å². The first-order chi connectivity index (χ1) is 11.7. The van der Waals surface area contributed by atoms with Crippen molar-refractivity contribution in [1.82, 2.24) is 4.98 Å². The Labute approximate surface area is 144 Å². The van der Waals surface area contributed by atoms with Gasteiger partial charge in [0.25, 0.3) is 0 Å². The molecule has 0 amide bonds. The third-order valence-corrected chi connectivity index (χ3v) is 3.61. The molecular formula is C19H26N4O. The van der Waals surface area contributed by atoms with Crippen LogP contribution in [0.5, 0.6) is 5.88 Å². The first-order valence-corrected chi connectivity index (χ1v) is 8.45. The zero-order valence-corrected chi connectivity index (χ0v) is 14.5. The predicted octanol–water partition coefficient (Wildman–Crippen LogP) is 3.75. The number of rotatable bonds is 8. The third-order valence-electron chi connectivity index (χ3n) is 3.61. The fraction of sp³-hybridized carbons (Fsp3) is 0.368. The Balaban J connectivity index is 1.99. The molecule has 0 aliphatic heterocycles. The SMILES string of the molecule is CCCCOc1ncccc1CN=C(N)Nc1cccc(CC)c1. The minimum atomic E-state index is 0.381. The molecule has 24 heavy (non-hydrogen) atoms. The van der Waals surface area contributed by atoms with E-state index in [0.717, 1.165) is 30.5 Å². The molecular weight excluding hydrogens is 300 g/mol. The Morgan fingerprint density at radius 1 is 1.25 bits per heavy atom. The summed E-state index contributed by atoms with van der Waals surface area (Å²) in [5.74, 6) is 1.02. The van der Waals surface area contributed by atoms with E-state index in [9.17, 15) is 0 Å². The molecule has 0 aliphatic carbocycles. The molecule has 2 aromatic rings. The van der Waals surface area contributed by atoms with Gasteiger partial charge in [0.1, 0.15) is 0 Å². The van der Waals surface area contributed by atoms with Crippen LogP contribution in [0.25, 0.3) is 0 Å². The van der Waals surface area contributed by atoms with Gasteiger partial charge in [-0.1, -0.05) is 38.5 Å². The van der Waals surface area contributed by atoms with Crippen molar-refractivity contribution in [3.8, 4) is 5.88 Å². The molecule has 0 spiro atoms. The smallest absolute Gasteiger partial charge is 0.218 e. The summed E-state index contributed by atoms with van der Waals surface area (Å²) >= 11 is 0. The summed E-state index contributed by atoms with van der Waals surface area (Å²) in [6.45, 7) is 5.36. The van der Waals surface area contributed by atoms with Crippen molar-refractivity contribution >= 4 is 11.6 Å². The molecule has 5 nitrogen and oxygen atoms in total. The summed E-state index contributed by atoms with van der Waals surface area (Å²) in [7, 11) is 0. The highest BCUT2D eigenvalue weighted by Crippen LogP contribution is 2.16. The molecule has 0 saturated carbocycles. The van der Waals surface area contributed by atoms with E-state index in [1.165, 1.54) is 5.56 Å². The van der Waals surface area contributed by atoms with Crippen molar-refractivity contribution < 1.29 is 4.74 Å². The molecule has 5 heteroatoms. The molecule has 1 aromatic heterocycles. The second-order valence-electron chi connectivity index (χ2n) is 5.55. The lowest BCUT2D eigenvalue weighted by atomic mass is 10.1. The number of nitrogens with zero attached hydrogens (tertiary/aromatic N) is 2. The molecule has 1 heterocycles. The quantitative estimate of drug-likeness (QED) is 0.440. The number of unbranched alkanes of at least 4 members (excludes halogenated alkanes) is 1. The maximum Gasteiger partial charge on any atom is 0.218 e. The molecule has 0 bridgehead atoms. The topological polar surface area (TPSA) is 72.5 Å². The minimum absolute atomic E-state index is 0.381. The lowest BCUT2D eigenvalue weighted by Crippen LogP contribution is -2.22. The summed E-state index contributed by atoms with van der Waals surface area (Å²) in [6.07, 6.45) is 4.82. The number of hydrogen-bond donors (Lipinski definition) is 2. The van der Waals surface area contributed by atoms with Crippen LogP contribution in [0.4, 0.5) is 5.69 Å². The highest BCUT2D eigenvalue weighted by Gasteiger charge is 2.04. The molecule has 128 valence electrons. The number of ether oxygens (including phenoxy) is 1. The Morgan fingerprint density at radius 3 is 2.92 bits per heavy atom. The number of pyridine rings is 1. The number of guanidine groups is 1. The second kappa shape index (κ2) is 9.55. The van der Waals surface area contributed by atoms with Crippen molar-refractivity contribution in [2.24, 2.45) is 10.7 Å².